The van der Waals surface area contributed by atoms with Crippen molar-refractivity contribution < 1.29 is 39.6 Å². The second-order valence-corrected chi connectivity index (χ2v) is 4.35. The van der Waals surface area contributed by atoms with Crippen LogP contribution >= 0.6 is 0 Å². The molecule has 0 bridgehead atoms. The molecule has 1 aromatic heterocycles. The third kappa shape index (κ3) is 4.69. The van der Waals surface area contributed by atoms with Gasteiger partial charge in [-0.3, -0.25) is 9.59 Å². The summed E-state index contributed by atoms with van der Waals surface area (Å²) in [5.74, 6) is -5.23. The van der Waals surface area contributed by atoms with Gasteiger partial charge in [-0.15, -0.1) is 0 Å². The second-order valence-electron chi connectivity index (χ2n) is 4.35. The number of aromatic nitrogens is 2. The fraction of sp³-hybridized carbons (Fsp3) is 0.333. The van der Waals surface area contributed by atoms with Crippen molar-refractivity contribution in [3.63, 3.8) is 0 Å². The molecule has 0 saturated heterocycles. The minimum atomic E-state index is -1.63. The van der Waals surface area contributed by atoms with Crippen LogP contribution in [0.15, 0.2) is 12.4 Å². The van der Waals surface area contributed by atoms with Crippen molar-refractivity contribution in [3.8, 4) is 0 Å². The van der Waals surface area contributed by atoms with Crippen LogP contribution in [0.1, 0.15) is 21.0 Å². The lowest BCUT2D eigenvalue weighted by Gasteiger charge is -2.14. The molecule has 2 atom stereocenters. The second kappa shape index (κ2) is 8.50. The minimum Gasteiger partial charge on any atom is -0.480 e. The normalized spacial score (nSPS) is 12.8. The smallest absolute Gasteiger partial charge is 0.328 e. The van der Waals surface area contributed by atoms with Crippen molar-refractivity contribution in [3.05, 3.63) is 23.8 Å². The van der Waals surface area contributed by atoms with E-state index >= 15 is 0 Å². The van der Waals surface area contributed by atoms with Gasteiger partial charge in [0, 0.05) is 12.4 Å². The monoisotopic (exact) mass is 342 g/mol. The van der Waals surface area contributed by atoms with Gasteiger partial charge in [0.2, 0.25) is 0 Å². The summed E-state index contributed by atoms with van der Waals surface area (Å²) in [6, 6.07) is -3.25. The zero-order valence-electron chi connectivity index (χ0n) is 12.0. The maximum absolute atomic E-state index is 12.0. The largest absolute Gasteiger partial charge is 0.480 e. The highest BCUT2D eigenvalue weighted by Gasteiger charge is 2.27. The number of hydrogen-bond acceptors (Lipinski definition) is 8. The molecule has 1 rings (SSSR count). The van der Waals surface area contributed by atoms with E-state index in [9.17, 15) is 19.2 Å². The summed E-state index contributed by atoms with van der Waals surface area (Å²) in [6.45, 7) is -1.79. The van der Waals surface area contributed by atoms with Crippen LogP contribution in [-0.4, -0.2) is 79.4 Å². The molecule has 12 nitrogen and oxygen atoms in total. The van der Waals surface area contributed by atoms with Crippen LogP contribution in [0, 0.1) is 0 Å². The van der Waals surface area contributed by atoms with Crippen molar-refractivity contribution in [2.24, 2.45) is 0 Å². The van der Waals surface area contributed by atoms with Gasteiger partial charge in [-0.25, -0.2) is 19.6 Å². The summed E-state index contributed by atoms with van der Waals surface area (Å²) < 4.78 is 0. The number of nitrogens with one attached hydrogen (secondary N) is 2. The number of carbonyl (C=O) groups excluding carboxylic acids is 2. The van der Waals surface area contributed by atoms with Crippen molar-refractivity contribution >= 4 is 23.8 Å². The number of amides is 2. The number of hydrogen-bond donors (Lipinski definition) is 6. The molecule has 1 heterocycles. The zero-order chi connectivity index (χ0) is 18.3. The molecule has 0 aliphatic carbocycles. The number of aliphatic hydroxyl groups excluding tert-OH is 2. The lowest BCUT2D eigenvalue weighted by molar-refractivity contribution is -0.141. The third-order valence-corrected chi connectivity index (χ3v) is 2.70. The van der Waals surface area contributed by atoms with Crippen LogP contribution in [-0.2, 0) is 9.59 Å². The maximum atomic E-state index is 12.0. The van der Waals surface area contributed by atoms with Gasteiger partial charge in [-0.2, -0.15) is 0 Å². The number of carboxylic acid groups (broad SMARTS) is 2. The maximum Gasteiger partial charge on any atom is 0.328 e. The average Bonchev–Trinajstić information content (AvgIpc) is 2.56. The number of carboxylic acids is 2. The lowest BCUT2D eigenvalue weighted by Crippen LogP contribution is -2.46. The van der Waals surface area contributed by atoms with Gasteiger partial charge in [0.1, 0.15) is 0 Å². The first-order valence-electron chi connectivity index (χ1n) is 6.41. The Kier molecular flexibility index (Phi) is 6.70. The Bertz CT molecular complexity index is 595. The first-order valence-corrected chi connectivity index (χ1v) is 6.41. The molecule has 0 unspecified atom stereocenters. The van der Waals surface area contributed by atoms with E-state index in [-0.39, 0.29) is 0 Å². The van der Waals surface area contributed by atoms with Crippen LogP contribution in [0.4, 0.5) is 0 Å². The predicted octanol–water partition coefficient (Wildman–Crippen LogP) is -3.17. The minimum absolute atomic E-state index is 0.572. The molecule has 0 aliphatic rings. The van der Waals surface area contributed by atoms with Crippen molar-refractivity contribution in [1.82, 2.24) is 20.6 Å². The Labute approximate surface area is 134 Å². The quantitative estimate of drug-likeness (QED) is 0.280. The summed E-state index contributed by atoms with van der Waals surface area (Å²) in [6.07, 6.45) is 2.11. The first kappa shape index (κ1) is 18.9. The van der Waals surface area contributed by atoms with E-state index in [1.54, 1.807) is 0 Å². The Morgan fingerprint density at radius 1 is 0.833 bits per heavy atom. The zero-order valence-corrected chi connectivity index (χ0v) is 12.0. The van der Waals surface area contributed by atoms with E-state index in [4.69, 9.17) is 20.4 Å². The molecule has 0 aliphatic heterocycles. The molecule has 130 valence electrons. The molecule has 0 radical (unpaired) electrons. The molecular weight excluding hydrogens is 328 g/mol. The SMILES string of the molecule is O=C(N[C@@H](CO)C(=O)O)c1nccnc1C(=O)N[C@@H](CO)C(=O)O. The fourth-order valence-corrected chi connectivity index (χ4v) is 1.49. The van der Waals surface area contributed by atoms with Crippen LogP contribution in [0.25, 0.3) is 0 Å². The molecule has 0 aromatic carbocycles. The van der Waals surface area contributed by atoms with Gasteiger partial charge in [0.25, 0.3) is 11.8 Å². The van der Waals surface area contributed by atoms with Gasteiger partial charge in [-0.1, -0.05) is 0 Å². The summed E-state index contributed by atoms with van der Waals surface area (Å²) in [5.41, 5.74) is -1.14. The Morgan fingerprint density at radius 2 is 1.17 bits per heavy atom. The van der Waals surface area contributed by atoms with Crippen molar-refractivity contribution in [2.75, 3.05) is 13.2 Å². The van der Waals surface area contributed by atoms with Gasteiger partial charge < -0.3 is 31.1 Å². The van der Waals surface area contributed by atoms with Crippen LogP contribution in [0.5, 0.6) is 0 Å². The number of aliphatic carboxylic acids is 2. The van der Waals surface area contributed by atoms with Crippen molar-refractivity contribution in [1.29, 1.82) is 0 Å². The number of carbonyl (C=O) groups is 4. The summed E-state index contributed by atoms with van der Waals surface area (Å²) in [5, 5.41) is 39.2. The highest BCUT2D eigenvalue weighted by Crippen LogP contribution is 2.03. The van der Waals surface area contributed by atoms with E-state index in [1.807, 2.05) is 10.6 Å². The number of aliphatic hydroxyl groups is 2. The average molecular weight is 342 g/mol. The molecule has 6 N–H and O–H groups in total. The Hall–Kier alpha value is -3.12. The van der Waals surface area contributed by atoms with Gasteiger partial charge >= 0.3 is 11.9 Å². The van der Waals surface area contributed by atoms with E-state index in [0.29, 0.717) is 0 Å². The summed E-state index contributed by atoms with van der Waals surface area (Å²) >= 11 is 0. The molecular formula is C12H14N4O8. The van der Waals surface area contributed by atoms with Crippen molar-refractivity contribution in [2.45, 2.75) is 12.1 Å². The van der Waals surface area contributed by atoms with Crippen LogP contribution < -0.4 is 10.6 Å². The van der Waals surface area contributed by atoms with Crippen LogP contribution in [0.2, 0.25) is 0 Å². The Morgan fingerprint density at radius 3 is 1.42 bits per heavy atom. The van der Waals surface area contributed by atoms with Gasteiger partial charge in [0.15, 0.2) is 23.5 Å². The van der Waals surface area contributed by atoms with E-state index < -0.39 is 60.4 Å². The molecule has 2 amide bonds. The van der Waals surface area contributed by atoms with E-state index in [0.717, 1.165) is 12.4 Å². The molecule has 24 heavy (non-hydrogen) atoms. The molecule has 0 spiro atoms. The number of nitrogens with zero attached hydrogens (tertiary/aromatic N) is 2. The lowest BCUT2D eigenvalue weighted by atomic mass is 10.2. The summed E-state index contributed by atoms with van der Waals surface area (Å²) in [4.78, 5) is 52.8. The van der Waals surface area contributed by atoms with E-state index in [1.165, 1.54) is 0 Å². The first-order chi connectivity index (χ1) is 11.3. The van der Waals surface area contributed by atoms with Gasteiger partial charge in [0.05, 0.1) is 13.2 Å². The van der Waals surface area contributed by atoms with E-state index in [2.05, 4.69) is 9.97 Å². The topological polar surface area (TPSA) is 199 Å². The highest BCUT2D eigenvalue weighted by molar-refractivity contribution is 6.06. The van der Waals surface area contributed by atoms with Crippen LogP contribution in [0.3, 0.4) is 0 Å². The third-order valence-electron chi connectivity index (χ3n) is 2.70. The number of rotatable bonds is 8. The Balaban J connectivity index is 3.03. The summed E-state index contributed by atoms with van der Waals surface area (Å²) in [7, 11) is 0. The predicted molar refractivity (Wildman–Crippen MR) is 74.0 cm³/mol. The molecule has 0 fully saturated rings. The molecule has 1 aromatic rings. The molecule has 0 saturated carbocycles. The standard InChI is InChI=1S/C12H14N4O8/c17-3-5(11(21)22)15-9(19)7-8(14-2-1-13-7)10(20)16-6(4-18)12(23)24/h1-2,5-6,17-18H,3-4H2,(H,15,19)(H,16,20)(H,21,22)(H,23,24)/t5-,6-/m0/s1. The highest BCUT2D eigenvalue weighted by atomic mass is 16.4. The fourth-order valence-electron chi connectivity index (χ4n) is 1.49. The molecule has 12 heteroatoms. The van der Waals surface area contributed by atoms with Gasteiger partial charge in [-0.05, 0) is 0 Å².